The molecule has 3 unspecified atom stereocenters. The number of rotatable bonds is 1. The first-order chi connectivity index (χ1) is 6.66. The Balaban J connectivity index is 2.23. The Labute approximate surface area is 90.2 Å². The molecule has 0 aliphatic carbocycles. The Kier molecular flexibility index (Phi) is 2.88. The van der Waals surface area contributed by atoms with E-state index in [1.165, 1.54) is 0 Å². The SMILES string of the molecule is CC1NS(=O)OC1c1ccc(Cl)cc1. The van der Waals surface area contributed by atoms with E-state index < -0.39 is 11.3 Å². The van der Waals surface area contributed by atoms with Gasteiger partial charge in [0.25, 0.3) is 0 Å². The van der Waals surface area contributed by atoms with Crippen LogP contribution < -0.4 is 4.72 Å². The Morgan fingerprint density at radius 3 is 2.57 bits per heavy atom. The average Bonchev–Trinajstić information content (AvgIpc) is 2.47. The molecule has 1 aromatic rings. The second-order valence-corrected chi connectivity index (χ2v) is 4.54. The third-order valence-corrected chi connectivity index (χ3v) is 3.32. The van der Waals surface area contributed by atoms with Gasteiger partial charge in [0.15, 0.2) is 0 Å². The molecule has 1 aromatic carbocycles. The summed E-state index contributed by atoms with van der Waals surface area (Å²) < 4.78 is 19.1. The van der Waals surface area contributed by atoms with Crippen LogP contribution in [-0.4, -0.2) is 10.3 Å². The number of halogens is 1. The minimum absolute atomic E-state index is 0.0528. The van der Waals surface area contributed by atoms with Crippen LogP contribution in [0.25, 0.3) is 0 Å². The minimum Gasteiger partial charge on any atom is -0.268 e. The monoisotopic (exact) mass is 231 g/mol. The van der Waals surface area contributed by atoms with Crippen LogP contribution in [-0.2, 0) is 15.4 Å². The van der Waals surface area contributed by atoms with Crippen molar-refractivity contribution in [1.82, 2.24) is 4.72 Å². The molecule has 0 saturated carbocycles. The molecule has 1 heterocycles. The minimum atomic E-state index is -1.37. The van der Waals surface area contributed by atoms with Gasteiger partial charge in [-0.15, -0.1) is 0 Å². The molecule has 0 radical (unpaired) electrons. The van der Waals surface area contributed by atoms with E-state index in [2.05, 4.69) is 4.72 Å². The van der Waals surface area contributed by atoms with E-state index in [1.54, 1.807) is 12.1 Å². The van der Waals surface area contributed by atoms with E-state index in [4.69, 9.17) is 15.8 Å². The lowest BCUT2D eigenvalue weighted by molar-refractivity contribution is 0.236. The largest absolute Gasteiger partial charge is 0.268 e. The van der Waals surface area contributed by atoms with Gasteiger partial charge in [-0.05, 0) is 24.6 Å². The zero-order valence-electron chi connectivity index (χ0n) is 7.57. The van der Waals surface area contributed by atoms with Crippen molar-refractivity contribution >= 4 is 22.9 Å². The third kappa shape index (κ3) is 1.98. The third-order valence-electron chi connectivity index (χ3n) is 2.13. The van der Waals surface area contributed by atoms with Crippen LogP contribution in [0.5, 0.6) is 0 Å². The van der Waals surface area contributed by atoms with Gasteiger partial charge in [0.2, 0.25) is 11.3 Å². The summed E-state index contributed by atoms with van der Waals surface area (Å²) in [6.07, 6.45) is -0.159. The van der Waals surface area contributed by atoms with Crippen molar-refractivity contribution in [2.75, 3.05) is 0 Å². The van der Waals surface area contributed by atoms with Crippen LogP contribution in [0.2, 0.25) is 5.02 Å². The second-order valence-electron chi connectivity index (χ2n) is 3.21. The van der Waals surface area contributed by atoms with Crippen molar-refractivity contribution < 1.29 is 8.39 Å². The zero-order chi connectivity index (χ0) is 10.1. The lowest BCUT2D eigenvalue weighted by atomic mass is 10.0. The van der Waals surface area contributed by atoms with E-state index in [-0.39, 0.29) is 12.1 Å². The summed E-state index contributed by atoms with van der Waals surface area (Å²) in [4.78, 5) is 0. The highest BCUT2D eigenvalue weighted by molar-refractivity contribution is 7.78. The molecule has 0 spiro atoms. The summed E-state index contributed by atoms with van der Waals surface area (Å²) in [5, 5.41) is 0.688. The van der Waals surface area contributed by atoms with Gasteiger partial charge in [-0.1, -0.05) is 23.7 Å². The van der Waals surface area contributed by atoms with E-state index in [1.807, 2.05) is 19.1 Å². The molecule has 3 nitrogen and oxygen atoms in total. The van der Waals surface area contributed by atoms with Crippen molar-refractivity contribution in [2.45, 2.75) is 19.1 Å². The molecule has 76 valence electrons. The van der Waals surface area contributed by atoms with Crippen LogP contribution in [0.15, 0.2) is 24.3 Å². The first kappa shape index (κ1) is 10.1. The quantitative estimate of drug-likeness (QED) is 0.803. The van der Waals surface area contributed by atoms with Gasteiger partial charge >= 0.3 is 0 Å². The maximum atomic E-state index is 11.1. The van der Waals surface area contributed by atoms with Gasteiger partial charge in [0, 0.05) is 5.02 Å². The van der Waals surface area contributed by atoms with E-state index in [9.17, 15) is 4.21 Å². The number of nitrogens with one attached hydrogen (secondary N) is 1. The van der Waals surface area contributed by atoms with Gasteiger partial charge in [0.05, 0.1) is 6.04 Å². The number of hydrogen-bond acceptors (Lipinski definition) is 2. The van der Waals surface area contributed by atoms with Crippen molar-refractivity contribution in [1.29, 1.82) is 0 Å². The highest BCUT2D eigenvalue weighted by Crippen LogP contribution is 2.27. The van der Waals surface area contributed by atoms with E-state index in [0.29, 0.717) is 5.02 Å². The van der Waals surface area contributed by atoms with Gasteiger partial charge in [-0.25, -0.2) is 8.93 Å². The Hall–Kier alpha value is -0.420. The molecule has 1 aliphatic heterocycles. The number of benzene rings is 1. The van der Waals surface area contributed by atoms with Crippen LogP contribution in [0.1, 0.15) is 18.6 Å². The van der Waals surface area contributed by atoms with Gasteiger partial charge in [0.1, 0.15) is 6.10 Å². The predicted octanol–water partition coefficient (Wildman–Crippen LogP) is 1.97. The average molecular weight is 232 g/mol. The van der Waals surface area contributed by atoms with Gasteiger partial charge in [-0.2, -0.15) is 0 Å². The van der Waals surface area contributed by atoms with Crippen molar-refractivity contribution in [3.63, 3.8) is 0 Å². The summed E-state index contributed by atoms with van der Waals surface area (Å²) in [5.74, 6) is 0. The van der Waals surface area contributed by atoms with Crippen LogP contribution in [0.3, 0.4) is 0 Å². The molecule has 0 amide bonds. The number of hydrogen-bond donors (Lipinski definition) is 1. The standard InChI is InChI=1S/C9H10ClNO2S/c1-6-9(13-14(12)11-6)7-2-4-8(10)5-3-7/h2-6,9,11H,1H3. The predicted molar refractivity (Wildman–Crippen MR) is 56.0 cm³/mol. The molecule has 1 N–H and O–H groups in total. The maximum Gasteiger partial charge on any atom is 0.235 e. The van der Waals surface area contributed by atoms with Crippen LogP contribution in [0, 0.1) is 0 Å². The molecule has 14 heavy (non-hydrogen) atoms. The lowest BCUT2D eigenvalue weighted by Crippen LogP contribution is -2.21. The van der Waals surface area contributed by atoms with Gasteiger partial charge in [-0.3, -0.25) is 4.18 Å². The molecule has 5 heteroatoms. The molecular weight excluding hydrogens is 222 g/mol. The van der Waals surface area contributed by atoms with Crippen molar-refractivity contribution in [3.8, 4) is 0 Å². The lowest BCUT2D eigenvalue weighted by Gasteiger charge is -2.11. The molecule has 2 rings (SSSR count). The molecule has 1 fully saturated rings. The summed E-state index contributed by atoms with van der Waals surface area (Å²) in [6, 6.07) is 7.42. The molecule has 3 atom stereocenters. The molecule has 1 aliphatic rings. The first-order valence-corrected chi connectivity index (χ1v) is 5.72. The summed E-state index contributed by atoms with van der Waals surface area (Å²) in [7, 11) is 0. The van der Waals surface area contributed by atoms with E-state index >= 15 is 0 Å². The molecule has 0 bridgehead atoms. The first-order valence-electron chi connectivity index (χ1n) is 4.27. The van der Waals surface area contributed by atoms with Crippen LogP contribution in [0.4, 0.5) is 0 Å². The topological polar surface area (TPSA) is 38.3 Å². The normalized spacial score (nSPS) is 32.0. The highest BCUT2D eigenvalue weighted by Gasteiger charge is 2.30. The molecular formula is C9H10ClNO2S. The molecule has 1 saturated heterocycles. The zero-order valence-corrected chi connectivity index (χ0v) is 9.14. The fourth-order valence-electron chi connectivity index (χ4n) is 1.42. The molecule has 0 aromatic heterocycles. The smallest absolute Gasteiger partial charge is 0.235 e. The summed E-state index contributed by atoms with van der Waals surface area (Å²) in [5.41, 5.74) is 0.986. The fourth-order valence-corrected chi connectivity index (χ4v) is 2.49. The summed E-state index contributed by atoms with van der Waals surface area (Å²) in [6.45, 7) is 1.93. The van der Waals surface area contributed by atoms with Gasteiger partial charge < -0.3 is 0 Å². The van der Waals surface area contributed by atoms with Crippen molar-refractivity contribution in [2.24, 2.45) is 0 Å². The second kappa shape index (κ2) is 3.98. The van der Waals surface area contributed by atoms with E-state index in [0.717, 1.165) is 5.56 Å². The fraction of sp³-hybridized carbons (Fsp3) is 0.333. The maximum absolute atomic E-state index is 11.1. The Bertz CT molecular complexity index is 354. The Morgan fingerprint density at radius 1 is 1.43 bits per heavy atom. The summed E-state index contributed by atoms with van der Waals surface area (Å²) >= 11 is 4.40. The van der Waals surface area contributed by atoms with Crippen molar-refractivity contribution in [3.05, 3.63) is 34.9 Å². The Morgan fingerprint density at radius 2 is 2.07 bits per heavy atom. The van der Waals surface area contributed by atoms with Crippen LogP contribution >= 0.6 is 11.6 Å². The highest BCUT2D eigenvalue weighted by atomic mass is 35.5.